The zero-order chi connectivity index (χ0) is 17.5. The molecule has 25 heavy (non-hydrogen) atoms. The third-order valence-corrected chi connectivity index (χ3v) is 4.32. The third-order valence-electron chi connectivity index (χ3n) is 4.32. The molecule has 2 aromatic heterocycles. The fraction of sp³-hybridized carbons (Fsp3) is 0.300. The molecular weight excluding hydrogens is 312 g/mol. The van der Waals surface area contributed by atoms with Crippen molar-refractivity contribution in [3.05, 3.63) is 83.4 Å². The van der Waals surface area contributed by atoms with Crippen molar-refractivity contribution in [2.75, 3.05) is 13.2 Å². The zero-order valence-electron chi connectivity index (χ0n) is 14.5. The number of aliphatic hydroxyl groups is 1. The van der Waals surface area contributed by atoms with Crippen LogP contribution in [-0.2, 0) is 19.6 Å². The molecule has 0 fully saturated rings. The Morgan fingerprint density at radius 1 is 1.00 bits per heavy atom. The van der Waals surface area contributed by atoms with Crippen LogP contribution in [-0.4, -0.2) is 37.9 Å². The number of aromatic nitrogens is 3. The van der Waals surface area contributed by atoms with Gasteiger partial charge in [0.05, 0.1) is 19.3 Å². The van der Waals surface area contributed by atoms with E-state index in [2.05, 4.69) is 40.1 Å². The molecular formula is C20H24N4O. The normalized spacial score (nSPS) is 11.2. The smallest absolute Gasteiger partial charge is 0.0662 e. The Labute approximate surface area is 148 Å². The van der Waals surface area contributed by atoms with Crippen LogP contribution in [0.3, 0.4) is 0 Å². The van der Waals surface area contributed by atoms with E-state index in [1.165, 1.54) is 11.1 Å². The molecule has 3 aromatic rings. The molecule has 0 unspecified atom stereocenters. The maximum atomic E-state index is 9.38. The van der Waals surface area contributed by atoms with Crippen LogP contribution in [0.1, 0.15) is 22.4 Å². The summed E-state index contributed by atoms with van der Waals surface area (Å²) in [6.45, 7) is 5.16. The topological polar surface area (TPSA) is 54.2 Å². The van der Waals surface area contributed by atoms with Crippen molar-refractivity contribution in [3.8, 4) is 0 Å². The van der Waals surface area contributed by atoms with Gasteiger partial charge in [0.1, 0.15) is 0 Å². The van der Waals surface area contributed by atoms with Gasteiger partial charge in [0.2, 0.25) is 0 Å². The lowest BCUT2D eigenvalue weighted by Crippen LogP contribution is -2.26. The minimum absolute atomic E-state index is 0.136. The van der Waals surface area contributed by atoms with Crippen LogP contribution in [0.15, 0.2) is 61.1 Å². The molecule has 0 saturated carbocycles. The second kappa shape index (κ2) is 8.55. The molecule has 0 bridgehead atoms. The summed E-state index contributed by atoms with van der Waals surface area (Å²) in [5.74, 6) is 0. The maximum absolute atomic E-state index is 9.38. The highest BCUT2D eigenvalue weighted by Gasteiger charge is 2.12. The average molecular weight is 336 g/mol. The summed E-state index contributed by atoms with van der Waals surface area (Å²) in [5.41, 5.74) is 4.74. The van der Waals surface area contributed by atoms with E-state index in [4.69, 9.17) is 0 Å². The first-order chi connectivity index (χ1) is 12.3. The van der Waals surface area contributed by atoms with Crippen LogP contribution in [0.2, 0.25) is 0 Å². The van der Waals surface area contributed by atoms with Crippen molar-refractivity contribution in [1.82, 2.24) is 19.7 Å². The van der Waals surface area contributed by atoms with E-state index in [-0.39, 0.29) is 6.61 Å². The van der Waals surface area contributed by atoms with Gasteiger partial charge in [-0.25, -0.2) is 0 Å². The molecule has 0 radical (unpaired) electrons. The van der Waals surface area contributed by atoms with Crippen molar-refractivity contribution < 1.29 is 5.11 Å². The van der Waals surface area contributed by atoms with E-state index < -0.39 is 0 Å². The fourth-order valence-electron chi connectivity index (χ4n) is 2.90. The van der Waals surface area contributed by atoms with Crippen LogP contribution >= 0.6 is 0 Å². The minimum Gasteiger partial charge on any atom is -0.395 e. The summed E-state index contributed by atoms with van der Waals surface area (Å²) in [6, 6.07) is 14.3. The lowest BCUT2D eigenvalue weighted by molar-refractivity contribution is 0.184. The van der Waals surface area contributed by atoms with Crippen molar-refractivity contribution in [2.45, 2.75) is 26.6 Å². The lowest BCUT2D eigenvalue weighted by atomic mass is 10.2. The summed E-state index contributed by atoms with van der Waals surface area (Å²) >= 11 is 0. The standard InChI is InChI=1S/C20H24N4O/c1-17-20(13-22-24(17)15-18-6-3-2-4-7-18)16-23(10-11-25)14-19-8-5-9-21-12-19/h2-9,12-13,25H,10-11,14-16H2,1H3. The summed E-state index contributed by atoms with van der Waals surface area (Å²) < 4.78 is 2.03. The largest absolute Gasteiger partial charge is 0.395 e. The molecule has 1 N–H and O–H groups in total. The highest BCUT2D eigenvalue weighted by Crippen LogP contribution is 2.14. The molecule has 3 rings (SSSR count). The predicted molar refractivity (Wildman–Crippen MR) is 97.9 cm³/mol. The van der Waals surface area contributed by atoms with Crippen LogP contribution in [0.4, 0.5) is 0 Å². The van der Waals surface area contributed by atoms with Gasteiger partial charge in [0.25, 0.3) is 0 Å². The molecule has 2 heterocycles. The van der Waals surface area contributed by atoms with Gasteiger partial charge in [-0.1, -0.05) is 36.4 Å². The average Bonchev–Trinajstić information content (AvgIpc) is 2.97. The fourth-order valence-corrected chi connectivity index (χ4v) is 2.90. The molecule has 130 valence electrons. The van der Waals surface area contributed by atoms with Crippen molar-refractivity contribution >= 4 is 0 Å². The van der Waals surface area contributed by atoms with Gasteiger partial charge in [-0.05, 0) is 24.1 Å². The third kappa shape index (κ3) is 4.75. The van der Waals surface area contributed by atoms with Crippen LogP contribution in [0.5, 0.6) is 0 Å². The van der Waals surface area contributed by atoms with Crippen molar-refractivity contribution in [3.63, 3.8) is 0 Å². The molecule has 0 atom stereocenters. The van der Waals surface area contributed by atoms with Crippen LogP contribution in [0, 0.1) is 6.92 Å². The van der Waals surface area contributed by atoms with Gasteiger partial charge in [-0.15, -0.1) is 0 Å². The second-order valence-corrected chi connectivity index (χ2v) is 6.19. The van der Waals surface area contributed by atoms with Gasteiger partial charge in [-0.3, -0.25) is 14.6 Å². The summed E-state index contributed by atoms with van der Waals surface area (Å²) in [6.07, 6.45) is 5.58. The first-order valence-corrected chi connectivity index (χ1v) is 8.53. The SMILES string of the molecule is Cc1c(CN(CCO)Cc2cccnc2)cnn1Cc1ccccc1. The van der Waals surface area contributed by atoms with Gasteiger partial charge < -0.3 is 5.11 Å². The molecule has 5 nitrogen and oxygen atoms in total. The number of aliphatic hydroxyl groups excluding tert-OH is 1. The van der Waals surface area contributed by atoms with E-state index in [0.29, 0.717) is 6.54 Å². The number of hydrogen-bond donors (Lipinski definition) is 1. The van der Waals surface area contributed by atoms with Crippen LogP contribution in [0.25, 0.3) is 0 Å². The first-order valence-electron chi connectivity index (χ1n) is 8.53. The Bertz CT molecular complexity index is 771. The molecule has 0 aliphatic rings. The molecule has 0 amide bonds. The van der Waals surface area contributed by atoms with E-state index in [1.807, 2.05) is 41.3 Å². The zero-order valence-corrected chi connectivity index (χ0v) is 14.5. The highest BCUT2D eigenvalue weighted by molar-refractivity contribution is 5.20. The molecule has 5 heteroatoms. The number of benzene rings is 1. The first kappa shape index (κ1) is 17.3. The Morgan fingerprint density at radius 2 is 1.80 bits per heavy atom. The van der Waals surface area contributed by atoms with E-state index in [1.54, 1.807) is 6.20 Å². The number of nitrogens with zero attached hydrogens (tertiary/aromatic N) is 4. The lowest BCUT2D eigenvalue weighted by Gasteiger charge is -2.21. The molecule has 1 aromatic carbocycles. The van der Waals surface area contributed by atoms with E-state index in [0.717, 1.165) is 30.9 Å². The van der Waals surface area contributed by atoms with Gasteiger partial charge >= 0.3 is 0 Å². The van der Waals surface area contributed by atoms with E-state index in [9.17, 15) is 5.11 Å². The predicted octanol–water partition coefficient (Wildman–Crippen LogP) is 2.63. The number of hydrogen-bond acceptors (Lipinski definition) is 4. The molecule has 0 aliphatic carbocycles. The second-order valence-electron chi connectivity index (χ2n) is 6.19. The minimum atomic E-state index is 0.136. The van der Waals surface area contributed by atoms with E-state index >= 15 is 0 Å². The Morgan fingerprint density at radius 3 is 2.52 bits per heavy atom. The summed E-state index contributed by atoms with van der Waals surface area (Å²) in [5, 5.41) is 13.9. The molecule has 0 spiro atoms. The number of rotatable bonds is 8. The quantitative estimate of drug-likeness (QED) is 0.687. The monoisotopic (exact) mass is 336 g/mol. The molecule has 0 saturated heterocycles. The van der Waals surface area contributed by atoms with Crippen molar-refractivity contribution in [2.24, 2.45) is 0 Å². The van der Waals surface area contributed by atoms with Crippen LogP contribution < -0.4 is 0 Å². The maximum Gasteiger partial charge on any atom is 0.0662 e. The van der Waals surface area contributed by atoms with Gasteiger partial charge in [0, 0.05) is 43.3 Å². The Kier molecular flexibility index (Phi) is 5.93. The number of pyridine rings is 1. The summed E-state index contributed by atoms with van der Waals surface area (Å²) in [4.78, 5) is 6.38. The van der Waals surface area contributed by atoms with Gasteiger partial charge in [0.15, 0.2) is 0 Å². The highest BCUT2D eigenvalue weighted by atomic mass is 16.3. The summed E-state index contributed by atoms with van der Waals surface area (Å²) in [7, 11) is 0. The Balaban J connectivity index is 1.70. The van der Waals surface area contributed by atoms with Crippen molar-refractivity contribution in [1.29, 1.82) is 0 Å². The molecule has 0 aliphatic heterocycles. The Hall–Kier alpha value is -2.50. The van der Waals surface area contributed by atoms with Gasteiger partial charge in [-0.2, -0.15) is 5.10 Å².